The largest absolute Gasteiger partial charge is 0.472 e. The number of rotatable bonds is 2. The molecule has 2 aromatic heterocycles. The minimum atomic E-state index is -0.562. The summed E-state index contributed by atoms with van der Waals surface area (Å²) in [6.45, 7) is 3.98. The number of carbonyl (C=O) groups is 2. The van der Waals surface area contributed by atoms with Crippen molar-refractivity contribution in [3.8, 4) is 0 Å². The Hall–Kier alpha value is -2.87. The molecule has 0 saturated carbocycles. The van der Waals surface area contributed by atoms with Gasteiger partial charge in [0, 0.05) is 62.9 Å². The first-order valence-electron chi connectivity index (χ1n) is 10.5. The van der Waals surface area contributed by atoms with Crippen LogP contribution in [0.5, 0.6) is 0 Å². The van der Waals surface area contributed by atoms with Gasteiger partial charge in [0.05, 0.1) is 11.8 Å². The van der Waals surface area contributed by atoms with Gasteiger partial charge in [-0.3, -0.25) is 19.0 Å². The Morgan fingerprint density at radius 3 is 2.57 bits per heavy atom. The van der Waals surface area contributed by atoms with Gasteiger partial charge in [-0.05, 0) is 25.6 Å². The van der Waals surface area contributed by atoms with E-state index in [4.69, 9.17) is 4.42 Å². The number of piperidine rings is 1. The molecule has 2 bridgehead atoms. The molecule has 2 fully saturated rings. The number of fused-ring (bicyclic) bond motifs is 4. The van der Waals surface area contributed by atoms with Crippen LogP contribution in [-0.4, -0.2) is 77.4 Å². The lowest BCUT2D eigenvalue weighted by Gasteiger charge is -2.47. The summed E-state index contributed by atoms with van der Waals surface area (Å²) < 4.78 is 6.79. The van der Waals surface area contributed by atoms with Crippen LogP contribution in [0.3, 0.4) is 0 Å². The highest BCUT2D eigenvalue weighted by Crippen LogP contribution is 2.42. The molecule has 158 valence electrons. The number of likely N-dealkylation sites (N-methyl/N-ethyl adjacent to an activating group) is 1. The van der Waals surface area contributed by atoms with E-state index >= 15 is 0 Å². The van der Waals surface area contributed by atoms with E-state index < -0.39 is 6.04 Å². The highest BCUT2D eigenvalue weighted by molar-refractivity contribution is 5.94. The van der Waals surface area contributed by atoms with Crippen molar-refractivity contribution >= 4 is 11.8 Å². The molecule has 0 radical (unpaired) electrons. The molecule has 3 atom stereocenters. The molecule has 30 heavy (non-hydrogen) atoms. The van der Waals surface area contributed by atoms with Crippen LogP contribution in [0.2, 0.25) is 0 Å². The van der Waals surface area contributed by atoms with Crippen LogP contribution in [0.25, 0.3) is 0 Å². The number of aromatic nitrogens is 1. The van der Waals surface area contributed by atoms with Crippen LogP contribution in [0.15, 0.2) is 46.0 Å². The molecule has 0 spiro atoms. The molecule has 2 amide bonds. The molecule has 2 aromatic rings. The van der Waals surface area contributed by atoms with Crippen LogP contribution >= 0.6 is 0 Å². The Kier molecular flexibility index (Phi) is 4.73. The Morgan fingerprint density at radius 1 is 1.03 bits per heavy atom. The number of hydrogen-bond acceptors (Lipinski definition) is 5. The lowest BCUT2D eigenvalue weighted by atomic mass is 9.77. The first kappa shape index (κ1) is 19.1. The maximum Gasteiger partial charge on any atom is 0.257 e. The standard InChI is InChI=1S/C22H26N4O4/c1-23-6-8-24(9-7-23)22(29)20-17-11-16(18-3-2-4-19(27)26(18)20)12-25(13-17)21(28)15-5-10-30-14-15/h2-5,10,14,16-17,20H,6-9,11-13H2,1H3/t16-,17+,20-/m1/s1. The fraction of sp³-hybridized carbons (Fsp3) is 0.500. The Bertz CT molecular complexity index is 1010. The van der Waals surface area contributed by atoms with Crippen molar-refractivity contribution in [1.82, 2.24) is 19.3 Å². The average Bonchev–Trinajstić information content (AvgIpc) is 3.29. The van der Waals surface area contributed by atoms with E-state index in [2.05, 4.69) is 4.90 Å². The molecule has 0 unspecified atom stereocenters. The van der Waals surface area contributed by atoms with Gasteiger partial charge >= 0.3 is 0 Å². The summed E-state index contributed by atoms with van der Waals surface area (Å²) in [5, 5.41) is 0. The molecule has 3 aliphatic heterocycles. The molecule has 8 nitrogen and oxygen atoms in total. The highest BCUT2D eigenvalue weighted by atomic mass is 16.3. The first-order chi connectivity index (χ1) is 14.5. The second-order valence-corrected chi connectivity index (χ2v) is 8.65. The predicted molar refractivity (Wildman–Crippen MR) is 109 cm³/mol. The van der Waals surface area contributed by atoms with Gasteiger partial charge in [0.1, 0.15) is 12.3 Å². The van der Waals surface area contributed by atoms with Crippen molar-refractivity contribution in [3.05, 3.63) is 58.4 Å². The Balaban J connectivity index is 1.50. The minimum absolute atomic E-state index is 0.00119. The summed E-state index contributed by atoms with van der Waals surface area (Å²) in [6.07, 6.45) is 3.76. The number of piperazine rings is 1. The maximum atomic E-state index is 13.6. The lowest BCUT2D eigenvalue weighted by Crippen LogP contribution is -2.57. The van der Waals surface area contributed by atoms with E-state index in [0.717, 1.165) is 25.2 Å². The van der Waals surface area contributed by atoms with Gasteiger partial charge in [0.2, 0.25) is 5.91 Å². The summed E-state index contributed by atoms with van der Waals surface area (Å²) in [7, 11) is 2.05. The molecule has 5 heterocycles. The number of likely N-dealkylation sites (tertiary alicyclic amines) is 1. The smallest absolute Gasteiger partial charge is 0.257 e. The first-order valence-corrected chi connectivity index (χ1v) is 10.5. The van der Waals surface area contributed by atoms with E-state index in [1.165, 1.54) is 18.6 Å². The van der Waals surface area contributed by atoms with Crippen molar-refractivity contribution in [2.75, 3.05) is 46.3 Å². The van der Waals surface area contributed by atoms with Crippen molar-refractivity contribution in [2.24, 2.45) is 5.92 Å². The summed E-state index contributed by atoms with van der Waals surface area (Å²) >= 11 is 0. The van der Waals surface area contributed by atoms with Gasteiger partial charge in [0.25, 0.3) is 11.5 Å². The summed E-state index contributed by atoms with van der Waals surface area (Å²) in [4.78, 5) is 45.3. The number of pyridine rings is 1. The van der Waals surface area contributed by atoms with Gasteiger partial charge in [-0.25, -0.2) is 0 Å². The van der Waals surface area contributed by atoms with Crippen LogP contribution < -0.4 is 5.56 Å². The van der Waals surface area contributed by atoms with Gasteiger partial charge in [-0.1, -0.05) is 6.07 Å². The average molecular weight is 410 g/mol. The monoisotopic (exact) mass is 410 g/mol. The number of amides is 2. The second-order valence-electron chi connectivity index (χ2n) is 8.65. The summed E-state index contributed by atoms with van der Waals surface area (Å²) in [5.41, 5.74) is 1.24. The fourth-order valence-electron chi connectivity index (χ4n) is 5.20. The summed E-state index contributed by atoms with van der Waals surface area (Å²) in [6, 6.07) is 6.32. The van der Waals surface area contributed by atoms with Crippen molar-refractivity contribution in [1.29, 1.82) is 0 Å². The molecular weight excluding hydrogens is 384 g/mol. The molecular formula is C22H26N4O4. The second kappa shape index (κ2) is 7.43. The molecule has 8 heteroatoms. The topological polar surface area (TPSA) is 79.0 Å². The quantitative estimate of drug-likeness (QED) is 0.739. The van der Waals surface area contributed by atoms with Crippen molar-refractivity contribution < 1.29 is 14.0 Å². The SMILES string of the molecule is CN1CCN(C(=O)[C@H]2[C@H]3C[C@H](CN(C(=O)c4ccoc4)C3)c3cccc(=O)n32)CC1. The molecule has 5 rings (SSSR count). The molecule has 3 aliphatic rings. The third-order valence-electron chi connectivity index (χ3n) is 6.77. The zero-order valence-corrected chi connectivity index (χ0v) is 17.1. The summed E-state index contributed by atoms with van der Waals surface area (Å²) in [5.74, 6) is -0.126. The number of furan rings is 1. The minimum Gasteiger partial charge on any atom is -0.472 e. The van der Waals surface area contributed by atoms with E-state index in [9.17, 15) is 14.4 Å². The van der Waals surface area contributed by atoms with Gasteiger partial charge in [-0.15, -0.1) is 0 Å². The van der Waals surface area contributed by atoms with Crippen molar-refractivity contribution in [3.63, 3.8) is 0 Å². The number of hydrogen-bond donors (Lipinski definition) is 0. The van der Waals surface area contributed by atoms with Crippen molar-refractivity contribution in [2.45, 2.75) is 18.4 Å². The maximum absolute atomic E-state index is 13.6. The lowest BCUT2D eigenvalue weighted by molar-refractivity contribution is -0.139. The zero-order valence-electron chi connectivity index (χ0n) is 17.1. The third-order valence-corrected chi connectivity index (χ3v) is 6.77. The van der Waals surface area contributed by atoms with Crippen LogP contribution in [0.1, 0.15) is 34.4 Å². The number of carbonyl (C=O) groups excluding carboxylic acids is 2. The predicted octanol–water partition coefficient (Wildman–Crippen LogP) is 1.02. The molecule has 0 aromatic carbocycles. The zero-order chi connectivity index (χ0) is 20.8. The van der Waals surface area contributed by atoms with E-state index in [1.54, 1.807) is 16.7 Å². The van der Waals surface area contributed by atoms with Crippen LogP contribution in [0, 0.1) is 5.92 Å². The van der Waals surface area contributed by atoms with E-state index in [-0.39, 0.29) is 29.2 Å². The Labute approximate surface area is 174 Å². The Morgan fingerprint density at radius 2 is 1.83 bits per heavy atom. The molecule has 0 N–H and O–H groups in total. The van der Waals surface area contributed by atoms with E-state index in [0.29, 0.717) is 31.7 Å². The van der Waals surface area contributed by atoms with Gasteiger partial charge in [0.15, 0.2) is 0 Å². The normalized spacial score (nSPS) is 26.4. The van der Waals surface area contributed by atoms with Gasteiger partial charge in [-0.2, -0.15) is 0 Å². The van der Waals surface area contributed by atoms with Crippen LogP contribution in [0.4, 0.5) is 0 Å². The van der Waals surface area contributed by atoms with Crippen LogP contribution in [-0.2, 0) is 4.79 Å². The highest BCUT2D eigenvalue weighted by Gasteiger charge is 2.46. The van der Waals surface area contributed by atoms with Gasteiger partial charge < -0.3 is 19.1 Å². The van der Waals surface area contributed by atoms with E-state index in [1.807, 2.05) is 22.9 Å². The fourth-order valence-corrected chi connectivity index (χ4v) is 5.20. The molecule has 0 aliphatic carbocycles. The third kappa shape index (κ3) is 3.15. The molecule has 2 saturated heterocycles. The number of nitrogens with zero attached hydrogens (tertiary/aromatic N) is 4.